The van der Waals surface area contributed by atoms with E-state index in [1.54, 1.807) is 0 Å². The topological polar surface area (TPSA) is 35.5 Å². The highest BCUT2D eigenvalue weighted by Crippen LogP contribution is 2.29. The van der Waals surface area contributed by atoms with Gasteiger partial charge in [0.1, 0.15) is 0 Å². The largest absolute Gasteiger partial charge is 0.393 e. The summed E-state index contributed by atoms with van der Waals surface area (Å²) in [5, 5.41) is 12.7. The molecular formula is C17H28N2O. The lowest BCUT2D eigenvalue weighted by atomic mass is 9.79. The van der Waals surface area contributed by atoms with Gasteiger partial charge in [-0.25, -0.2) is 0 Å². The van der Waals surface area contributed by atoms with Crippen LogP contribution in [0.15, 0.2) is 30.3 Å². The molecule has 0 radical (unpaired) electrons. The molecule has 1 aliphatic carbocycles. The van der Waals surface area contributed by atoms with Gasteiger partial charge in [-0.2, -0.15) is 0 Å². The van der Waals surface area contributed by atoms with Crippen LogP contribution in [0.5, 0.6) is 0 Å². The molecule has 1 aromatic rings. The lowest BCUT2D eigenvalue weighted by Gasteiger charge is -2.39. The third-order valence-corrected chi connectivity index (χ3v) is 4.44. The van der Waals surface area contributed by atoms with E-state index in [4.69, 9.17) is 0 Å². The summed E-state index contributed by atoms with van der Waals surface area (Å²) in [7, 11) is 4.21. The van der Waals surface area contributed by atoms with Gasteiger partial charge in [0.25, 0.3) is 0 Å². The number of rotatable bonds is 7. The summed E-state index contributed by atoms with van der Waals surface area (Å²) >= 11 is 0. The van der Waals surface area contributed by atoms with E-state index in [0.717, 1.165) is 32.5 Å². The zero-order chi connectivity index (χ0) is 14.6. The Kier molecular flexibility index (Phi) is 5.19. The smallest absolute Gasteiger partial charge is 0.0546 e. The van der Waals surface area contributed by atoms with Crippen LogP contribution in [-0.2, 0) is 5.41 Å². The van der Waals surface area contributed by atoms with Gasteiger partial charge in [-0.3, -0.25) is 0 Å². The van der Waals surface area contributed by atoms with Crippen LogP contribution in [0.25, 0.3) is 0 Å². The maximum absolute atomic E-state index is 9.40. The fourth-order valence-electron chi connectivity index (χ4n) is 3.43. The van der Waals surface area contributed by atoms with Crippen LogP contribution < -0.4 is 5.32 Å². The zero-order valence-corrected chi connectivity index (χ0v) is 13.0. The van der Waals surface area contributed by atoms with Gasteiger partial charge in [-0.05, 0) is 38.4 Å². The molecule has 0 heterocycles. The molecular weight excluding hydrogens is 248 g/mol. The maximum atomic E-state index is 9.40. The van der Waals surface area contributed by atoms with Crippen molar-refractivity contribution in [3.63, 3.8) is 0 Å². The van der Waals surface area contributed by atoms with Gasteiger partial charge in [-0.15, -0.1) is 0 Å². The summed E-state index contributed by atoms with van der Waals surface area (Å²) in [6, 6.07) is 10.7. The predicted molar refractivity (Wildman–Crippen MR) is 83.9 cm³/mol. The molecule has 3 heteroatoms. The Bertz CT molecular complexity index is 403. The van der Waals surface area contributed by atoms with Gasteiger partial charge < -0.3 is 15.3 Å². The fraction of sp³-hybridized carbons (Fsp3) is 0.647. The summed E-state index contributed by atoms with van der Waals surface area (Å²) in [4.78, 5) is 2.42. The Labute approximate surface area is 123 Å². The lowest BCUT2D eigenvalue weighted by Crippen LogP contribution is -2.46. The Morgan fingerprint density at radius 2 is 1.95 bits per heavy atom. The van der Waals surface area contributed by atoms with Crippen molar-refractivity contribution in [2.45, 2.75) is 31.3 Å². The number of likely N-dealkylation sites (N-methyl/N-ethyl adjacent to an activating group) is 2. The molecule has 1 unspecified atom stereocenters. The van der Waals surface area contributed by atoms with E-state index < -0.39 is 0 Å². The molecule has 0 spiro atoms. The minimum atomic E-state index is -0.0498. The van der Waals surface area contributed by atoms with Crippen LogP contribution >= 0.6 is 0 Å². The molecule has 1 fully saturated rings. The SMILES string of the molecule is CNCC(C)(CN(C)CC1CC(O)C1)c1ccccc1. The molecule has 0 bridgehead atoms. The quantitative estimate of drug-likeness (QED) is 0.798. The van der Waals surface area contributed by atoms with E-state index in [1.165, 1.54) is 5.56 Å². The van der Waals surface area contributed by atoms with Gasteiger partial charge in [0.05, 0.1) is 6.10 Å². The molecule has 0 saturated heterocycles. The molecule has 2 N–H and O–H groups in total. The lowest BCUT2D eigenvalue weighted by molar-refractivity contribution is 0.0257. The van der Waals surface area contributed by atoms with Crippen molar-refractivity contribution in [3.05, 3.63) is 35.9 Å². The second-order valence-corrected chi connectivity index (χ2v) is 6.65. The summed E-state index contributed by atoms with van der Waals surface area (Å²) in [6.45, 7) is 5.41. The van der Waals surface area contributed by atoms with Gasteiger partial charge in [0.15, 0.2) is 0 Å². The average molecular weight is 276 g/mol. The Morgan fingerprint density at radius 3 is 2.50 bits per heavy atom. The van der Waals surface area contributed by atoms with E-state index in [0.29, 0.717) is 5.92 Å². The maximum Gasteiger partial charge on any atom is 0.0546 e. The zero-order valence-electron chi connectivity index (χ0n) is 13.0. The predicted octanol–water partition coefficient (Wildman–Crippen LogP) is 1.87. The van der Waals surface area contributed by atoms with Crippen molar-refractivity contribution in [3.8, 4) is 0 Å². The average Bonchev–Trinajstić information content (AvgIpc) is 2.38. The molecule has 1 aliphatic rings. The summed E-state index contributed by atoms with van der Waals surface area (Å²) < 4.78 is 0. The van der Waals surface area contributed by atoms with Crippen molar-refractivity contribution in [2.75, 3.05) is 33.7 Å². The Morgan fingerprint density at radius 1 is 1.30 bits per heavy atom. The van der Waals surface area contributed by atoms with E-state index in [1.807, 2.05) is 7.05 Å². The summed E-state index contributed by atoms with van der Waals surface area (Å²) in [6.07, 6.45) is 1.89. The van der Waals surface area contributed by atoms with E-state index in [2.05, 4.69) is 54.5 Å². The minimum absolute atomic E-state index is 0.0498. The van der Waals surface area contributed by atoms with Crippen LogP contribution in [0.3, 0.4) is 0 Å². The van der Waals surface area contributed by atoms with Gasteiger partial charge in [-0.1, -0.05) is 37.3 Å². The van der Waals surface area contributed by atoms with E-state index in [-0.39, 0.29) is 11.5 Å². The molecule has 3 nitrogen and oxygen atoms in total. The van der Waals surface area contributed by atoms with Crippen LogP contribution in [0.4, 0.5) is 0 Å². The van der Waals surface area contributed by atoms with E-state index >= 15 is 0 Å². The molecule has 20 heavy (non-hydrogen) atoms. The first-order valence-corrected chi connectivity index (χ1v) is 7.60. The van der Waals surface area contributed by atoms with Crippen molar-refractivity contribution in [1.82, 2.24) is 10.2 Å². The molecule has 1 atom stereocenters. The van der Waals surface area contributed by atoms with Crippen LogP contribution in [0.2, 0.25) is 0 Å². The number of nitrogens with one attached hydrogen (secondary N) is 1. The molecule has 0 aliphatic heterocycles. The number of hydrogen-bond acceptors (Lipinski definition) is 3. The third-order valence-electron chi connectivity index (χ3n) is 4.44. The minimum Gasteiger partial charge on any atom is -0.393 e. The van der Waals surface area contributed by atoms with Crippen molar-refractivity contribution in [1.29, 1.82) is 0 Å². The molecule has 112 valence electrons. The number of benzene rings is 1. The molecule has 2 rings (SSSR count). The Hall–Kier alpha value is -0.900. The number of aliphatic hydroxyl groups is 1. The second-order valence-electron chi connectivity index (χ2n) is 6.65. The molecule has 0 amide bonds. The monoisotopic (exact) mass is 276 g/mol. The number of nitrogens with zero attached hydrogens (tertiary/aromatic N) is 1. The third kappa shape index (κ3) is 3.81. The molecule has 1 saturated carbocycles. The van der Waals surface area contributed by atoms with Crippen molar-refractivity contribution in [2.24, 2.45) is 5.92 Å². The standard InChI is InChI=1S/C17H28N2O/c1-17(12-18-2,15-7-5-4-6-8-15)13-19(3)11-14-9-16(20)10-14/h4-8,14,16,18,20H,9-13H2,1-3H3. The highest BCUT2D eigenvalue weighted by molar-refractivity contribution is 5.25. The van der Waals surface area contributed by atoms with E-state index in [9.17, 15) is 5.11 Å². The van der Waals surface area contributed by atoms with Crippen LogP contribution in [-0.4, -0.2) is 49.8 Å². The fourth-order valence-corrected chi connectivity index (χ4v) is 3.43. The van der Waals surface area contributed by atoms with Gasteiger partial charge in [0, 0.05) is 25.0 Å². The second kappa shape index (κ2) is 6.70. The highest BCUT2D eigenvalue weighted by atomic mass is 16.3. The summed E-state index contributed by atoms with van der Waals surface area (Å²) in [5.41, 5.74) is 1.50. The Balaban J connectivity index is 1.97. The number of hydrogen-bond donors (Lipinski definition) is 2. The first-order chi connectivity index (χ1) is 9.53. The summed E-state index contributed by atoms with van der Waals surface area (Å²) in [5.74, 6) is 0.671. The van der Waals surface area contributed by atoms with Crippen LogP contribution in [0.1, 0.15) is 25.3 Å². The number of aliphatic hydroxyl groups excluding tert-OH is 1. The van der Waals surface area contributed by atoms with Crippen molar-refractivity contribution < 1.29 is 5.11 Å². The highest BCUT2D eigenvalue weighted by Gasteiger charge is 2.31. The molecule has 1 aromatic carbocycles. The normalized spacial score (nSPS) is 25.2. The first-order valence-electron chi connectivity index (χ1n) is 7.60. The van der Waals surface area contributed by atoms with Gasteiger partial charge >= 0.3 is 0 Å². The first kappa shape index (κ1) is 15.5. The molecule has 0 aromatic heterocycles. The van der Waals surface area contributed by atoms with Crippen molar-refractivity contribution >= 4 is 0 Å². The van der Waals surface area contributed by atoms with Gasteiger partial charge in [0.2, 0.25) is 0 Å². The van der Waals surface area contributed by atoms with Crippen LogP contribution in [0, 0.1) is 5.92 Å².